The van der Waals surface area contributed by atoms with Crippen LogP contribution in [0, 0.1) is 29.6 Å². The van der Waals surface area contributed by atoms with Gasteiger partial charge in [-0.2, -0.15) is 0 Å². The summed E-state index contributed by atoms with van der Waals surface area (Å²) >= 11 is 3.69. The van der Waals surface area contributed by atoms with Gasteiger partial charge in [-0.1, -0.05) is 57.5 Å². The van der Waals surface area contributed by atoms with Gasteiger partial charge in [0.05, 0.1) is 0 Å². The SMILES string of the molecule is CCOCOCCCC(C)CC(C)CC(C)CC(C)CC(C)CC(C)Br. The van der Waals surface area contributed by atoms with Crippen molar-refractivity contribution in [1.29, 1.82) is 0 Å². The molecule has 158 valence electrons. The molecule has 0 heterocycles. The van der Waals surface area contributed by atoms with Gasteiger partial charge in [-0.05, 0) is 81.5 Å². The minimum absolute atomic E-state index is 0.449. The number of ether oxygens (including phenoxy) is 2. The molecule has 0 saturated carbocycles. The topological polar surface area (TPSA) is 18.5 Å². The van der Waals surface area contributed by atoms with Gasteiger partial charge in [-0.15, -0.1) is 0 Å². The summed E-state index contributed by atoms with van der Waals surface area (Å²) in [6.45, 7) is 18.4. The van der Waals surface area contributed by atoms with Crippen molar-refractivity contribution >= 4 is 15.9 Å². The van der Waals surface area contributed by atoms with E-state index in [1.54, 1.807) is 0 Å². The van der Waals surface area contributed by atoms with Crippen LogP contribution in [0.1, 0.15) is 93.4 Å². The van der Waals surface area contributed by atoms with Gasteiger partial charge in [0.2, 0.25) is 0 Å². The van der Waals surface area contributed by atoms with Crippen LogP contribution >= 0.6 is 15.9 Å². The Labute approximate surface area is 173 Å². The van der Waals surface area contributed by atoms with E-state index in [0.717, 1.165) is 49.2 Å². The van der Waals surface area contributed by atoms with Crippen LogP contribution in [0.25, 0.3) is 0 Å². The van der Waals surface area contributed by atoms with Crippen LogP contribution < -0.4 is 0 Å². The summed E-state index contributed by atoms with van der Waals surface area (Å²) in [6, 6.07) is 0. The van der Waals surface area contributed by atoms with E-state index >= 15 is 0 Å². The molecule has 0 radical (unpaired) electrons. The van der Waals surface area contributed by atoms with Crippen LogP contribution in [0.4, 0.5) is 0 Å². The molecule has 0 bridgehead atoms. The molecule has 0 fully saturated rings. The van der Waals surface area contributed by atoms with Crippen LogP contribution in [0.3, 0.4) is 0 Å². The largest absolute Gasteiger partial charge is 0.356 e. The first-order chi connectivity index (χ1) is 12.2. The standard InChI is InChI=1S/C23H47BrO2/c1-8-25-17-26-11-9-10-18(2)12-19(3)13-20(4)14-21(5)15-22(6)16-23(7)24/h18-23H,8-17H2,1-7H3. The number of hydrogen-bond acceptors (Lipinski definition) is 2. The zero-order valence-corrected chi connectivity index (χ0v) is 20.3. The molecule has 0 saturated heterocycles. The van der Waals surface area contributed by atoms with Crippen molar-refractivity contribution in [2.75, 3.05) is 20.0 Å². The van der Waals surface area contributed by atoms with E-state index in [9.17, 15) is 0 Å². The molecule has 0 rings (SSSR count). The molecular formula is C23H47BrO2. The Morgan fingerprint density at radius 3 is 1.58 bits per heavy atom. The van der Waals surface area contributed by atoms with Crippen molar-refractivity contribution in [2.45, 2.75) is 98.2 Å². The lowest BCUT2D eigenvalue weighted by Crippen LogP contribution is -2.13. The molecule has 0 amide bonds. The van der Waals surface area contributed by atoms with Gasteiger partial charge in [-0.25, -0.2) is 0 Å². The number of rotatable bonds is 17. The summed E-state index contributed by atoms with van der Waals surface area (Å²) in [5.74, 6) is 4.14. The predicted molar refractivity (Wildman–Crippen MR) is 119 cm³/mol. The fourth-order valence-corrected chi connectivity index (χ4v) is 5.18. The van der Waals surface area contributed by atoms with Crippen LogP contribution in [0.15, 0.2) is 0 Å². The molecule has 6 atom stereocenters. The number of halogens is 1. The molecule has 0 aromatic rings. The van der Waals surface area contributed by atoms with Crippen LogP contribution in [0.2, 0.25) is 0 Å². The molecule has 0 aliphatic carbocycles. The molecule has 0 aliphatic rings. The van der Waals surface area contributed by atoms with Crippen LogP contribution in [-0.4, -0.2) is 24.8 Å². The molecule has 0 N–H and O–H groups in total. The second-order valence-electron chi connectivity index (χ2n) is 9.15. The van der Waals surface area contributed by atoms with Gasteiger partial charge in [0.15, 0.2) is 0 Å². The Bertz CT molecular complexity index is 309. The second kappa shape index (κ2) is 16.4. The van der Waals surface area contributed by atoms with E-state index in [1.165, 1.54) is 38.5 Å². The van der Waals surface area contributed by atoms with Gasteiger partial charge >= 0.3 is 0 Å². The fourth-order valence-electron chi connectivity index (χ4n) is 4.54. The first-order valence-electron chi connectivity index (χ1n) is 11.0. The lowest BCUT2D eigenvalue weighted by Gasteiger charge is -2.24. The van der Waals surface area contributed by atoms with E-state index < -0.39 is 0 Å². The lowest BCUT2D eigenvalue weighted by molar-refractivity contribution is -0.0508. The molecule has 0 aliphatic heterocycles. The Hall–Kier alpha value is 0.400. The Morgan fingerprint density at radius 2 is 1.12 bits per heavy atom. The summed E-state index contributed by atoms with van der Waals surface area (Å²) in [6.07, 6.45) is 9.18. The monoisotopic (exact) mass is 434 g/mol. The maximum absolute atomic E-state index is 5.47. The van der Waals surface area contributed by atoms with Gasteiger partial charge in [0.25, 0.3) is 0 Å². The maximum atomic E-state index is 5.47. The molecule has 0 aromatic heterocycles. The Kier molecular flexibility index (Phi) is 16.6. The first kappa shape index (κ1) is 26.4. The second-order valence-corrected chi connectivity index (χ2v) is 10.7. The summed E-state index contributed by atoms with van der Waals surface area (Å²) in [7, 11) is 0. The maximum Gasteiger partial charge on any atom is 0.146 e. The first-order valence-corrected chi connectivity index (χ1v) is 12.0. The van der Waals surface area contributed by atoms with Crippen LogP contribution in [0.5, 0.6) is 0 Å². The number of hydrogen-bond donors (Lipinski definition) is 0. The highest BCUT2D eigenvalue weighted by Crippen LogP contribution is 2.29. The molecule has 6 unspecified atom stereocenters. The average Bonchev–Trinajstić information content (AvgIpc) is 2.48. The minimum atomic E-state index is 0.449. The molecular weight excluding hydrogens is 388 g/mol. The van der Waals surface area contributed by atoms with E-state index in [0.29, 0.717) is 11.6 Å². The third kappa shape index (κ3) is 16.6. The smallest absolute Gasteiger partial charge is 0.146 e. The predicted octanol–water partition coefficient (Wildman–Crippen LogP) is 7.69. The van der Waals surface area contributed by atoms with Gasteiger partial charge in [0, 0.05) is 18.0 Å². The van der Waals surface area contributed by atoms with Crippen molar-refractivity contribution in [3.63, 3.8) is 0 Å². The third-order valence-electron chi connectivity index (χ3n) is 5.30. The highest BCUT2D eigenvalue weighted by atomic mass is 79.9. The summed E-state index contributed by atoms with van der Waals surface area (Å²) in [5.41, 5.74) is 0. The van der Waals surface area contributed by atoms with Gasteiger partial charge in [-0.3, -0.25) is 0 Å². The van der Waals surface area contributed by atoms with Crippen molar-refractivity contribution in [3.05, 3.63) is 0 Å². The highest BCUT2D eigenvalue weighted by Gasteiger charge is 2.17. The Morgan fingerprint density at radius 1 is 0.654 bits per heavy atom. The molecule has 0 aromatic carbocycles. The van der Waals surface area contributed by atoms with Crippen molar-refractivity contribution in [3.8, 4) is 0 Å². The van der Waals surface area contributed by atoms with Crippen molar-refractivity contribution < 1.29 is 9.47 Å². The molecule has 0 spiro atoms. The zero-order chi connectivity index (χ0) is 19.9. The quantitative estimate of drug-likeness (QED) is 0.132. The number of alkyl halides is 1. The summed E-state index contributed by atoms with van der Waals surface area (Å²) in [5, 5.41) is 0. The average molecular weight is 436 g/mol. The Balaban J connectivity index is 3.83. The van der Waals surface area contributed by atoms with E-state index in [4.69, 9.17) is 9.47 Å². The van der Waals surface area contributed by atoms with E-state index in [1.807, 2.05) is 6.92 Å². The van der Waals surface area contributed by atoms with Gasteiger partial charge < -0.3 is 9.47 Å². The van der Waals surface area contributed by atoms with Gasteiger partial charge in [0.1, 0.15) is 6.79 Å². The summed E-state index contributed by atoms with van der Waals surface area (Å²) in [4.78, 5) is 0.646. The van der Waals surface area contributed by atoms with Crippen LogP contribution in [-0.2, 0) is 9.47 Å². The zero-order valence-electron chi connectivity index (χ0n) is 18.7. The fraction of sp³-hybridized carbons (Fsp3) is 1.00. The normalized spacial score (nSPS) is 18.9. The highest BCUT2D eigenvalue weighted by molar-refractivity contribution is 9.09. The molecule has 3 heteroatoms. The van der Waals surface area contributed by atoms with E-state index in [-0.39, 0.29) is 0 Å². The minimum Gasteiger partial charge on any atom is -0.356 e. The lowest BCUT2D eigenvalue weighted by atomic mass is 9.82. The van der Waals surface area contributed by atoms with Crippen molar-refractivity contribution in [2.24, 2.45) is 29.6 Å². The van der Waals surface area contributed by atoms with Crippen molar-refractivity contribution in [1.82, 2.24) is 0 Å². The van der Waals surface area contributed by atoms with E-state index in [2.05, 4.69) is 57.5 Å². The molecule has 26 heavy (non-hydrogen) atoms. The summed E-state index contributed by atoms with van der Waals surface area (Å²) < 4.78 is 10.7. The molecule has 2 nitrogen and oxygen atoms in total. The third-order valence-corrected chi connectivity index (χ3v) is 5.68.